The first kappa shape index (κ1) is 14.0. The van der Waals surface area contributed by atoms with Crippen molar-refractivity contribution in [3.05, 3.63) is 46.6 Å². The molecule has 0 radical (unpaired) electrons. The number of carbonyl (C=O) groups is 1. The lowest BCUT2D eigenvalue weighted by atomic mass is 10.1. The van der Waals surface area contributed by atoms with Gasteiger partial charge in [-0.25, -0.2) is 14.8 Å². The van der Waals surface area contributed by atoms with Gasteiger partial charge in [0.2, 0.25) is 0 Å². The monoisotopic (exact) mass is 316 g/mol. The highest BCUT2D eigenvalue weighted by Gasteiger charge is 2.12. The van der Waals surface area contributed by atoms with Crippen molar-refractivity contribution in [2.24, 2.45) is 0 Å². The van der Waals surface area contributed by atoms with Crippen LogP contribution >= 0.6 is 23.1 Å². The Hall–Kier alpha value is -1.92. The molecule has 106 valence electrons. The summed E-state index contributed by atoms with van der Waals surface area (Å²) in [6, 6.07) is 7.49. The van der Waals surface area contributed by atoms with E-state index in [1.165, 1.54) is 16.6 Å². The molecule has 0 spiro atoms. The number of nitrogens with zero attached hydrogens (tertiary/aromatic N) is 2. The molecule has 4 nitrogen and oxygen atoms in total. The number of aromatic carboxylic acids is 1. The van der Waals surface area contributed by atoms with Crippen molar-refractivity contribution in [3.8, 4) is 0 Å². The van der Waals surface area contributed by atoms with Gasteiger partial charge < -0.3 is 5.11 Å². The van der Waals surface area contributed by atoms with E-state index < -0.39 is 5.97 Å². The Morgan fingerprint density at radius 3 is 2.81 bits per heavy atom. The summed E-state index contributed by atoms with van der Waals surface area (Å²) in [5.74, 6) is -0.908. The molecule has 0 aliphatic rings. The maximum atomic E-state index is 11.2. The molecule has 2 heterocycles. The number of rotatable bonds is 3. The number of thiophene rings is 1. The molecule has 0 unspecified atom stereocenters. The summed E-state index contributed by atoms with van der Waals surface area (Å²) in [5.41, 5.74) is 1.08. The standard InChI is InChI=1S/C15H12N2O2S2/c1-8-3-4-10(6-11(8)15(18)19)21-14-12-5-9(2)20-13(12)16-7-17-14/h3-7H,1-2H3,(H,18,19). The van der Waals surface area contributed by atoms with E-state index in [0.717, 1.165) is 25.7 Å². The summed E-state index contributed by atoms with van der Waals surface area (Å²) < 4.78 is 0. The molecule has 3 rings (SSSR count). The third-order valence-electron chi connectivity index (χ3n) is 3.07. The molecule has 1 aromatic carbocycles. The van der Waals surface area contributed by atoms with E-state index in [9.17, 15) is 9.90 Å². The summed E-state index contributed by atoms with van der Waals surface area (Å²) in [7, 11) is 0. The molecular formula is C15H12N2O2S2. The largest absolute Gasteiger partial charge is 0.478 e. The predicted octanol–water partition coefficient (Wildman–Crippen LogP) is 4.16. The molecule has 0 bridgehead atoms. The molecule has 1 N–H and O–H groups in total. The van der Waals surface area contributed by atoms with Crippen molar-refractivity contribution in [2.75, 3.05) is 0 Å². The first-order valence-corrected chi connectivity index (χ1v) is 7.91. The molecule has 0 amide bonds. The smallest absolute Gasteiger partial charge is 0.335 e. The van der Waals surface area contributed by atoms with Crippen molar-refractivity contribution < 1.29 is 9.90 Å². The minimum atomic E-state index is -0.908. The minimum Gasteiger partial charge on any atom is -0.478 e. The van der Waals surface area contributed by atoms with E-state index in [-0.39, 0.29) is 0 Å². The van der Waals surface area contributed by atoms with Crippen LogP contribution in [0.3, 0.4) is 0 Å². The average Bonchev–Trinajstić information content (AvgIpc) is 2.82. The van der Waals surface area contributed by atoms with E-state index in [2.05, 4.69) is 16.0 Å². The van der Waals surface area contributed by atoms with Crippen LogP contribution in [0.5, 0.6) is 0 Å². The number of fused-ring (bicyclic) bond motifs is 1. The molecule has 6 heteroatoms. The maximum absolute atomic E-state index is 11.2. The third kappa shape index (κ3) is 2.77. The van der Waals surface area contributed by atoms with Crippen LogP contribution in [0.15, 0.2) is 40.5 Å². The molecule has 0 aliphatic carbocycles. The fourth-order valence-electron chi connectivity index (χ4n) is 2.04. The summed E-state index contributed by atoms with van der Waals surface area (Å²) in [6.45, 7) is 3.83. The number of carboxylic acid groups (broad SMARTS) is 1. The van der Waals surface area contributed by atoms with Gasteiger partial charge in [-0.05, 0) is 37.6 Å². The van der Waals surface area contributed by atoms with Crippen LogP contribution in [0.1, 0.15) is 20.8 Å². The van der Waals surface area contributed by atoms with Crippen molar-refractivity contribution in [3.63, 3.8) is 0 Å². The summed E-state index contributed by atoms with van der Waals surface area (Å²) in [5, 5.41) is 11.1. The zero-order valence-electron chi connectivity index (χ0n) is 11.5. The average molecular weight is 316 g/mol. The Bertz CT molecular complexity index is 843. The second kappa shape index (κ2) is 5.46. The number of aryl methyl sites for hydroxylation is 2. The normalized spacial score (nSPS) is 11.0. The second-order valence-electron chi connectivity index (χ2n) is 4.64. The van der Waals surface area contributed by atoms with Crippen LogP contribution in [-0.4, -0.2) is 21.0 Å². The van der Waals surface area contributed by atoms with E-state index >= 15 is 0 Å². The maximum Gasteiger partial charge on any atom is 0.335 e. The van der Waals surface area contributed by atoms with Gasteiger partial charge in [0.15, 0.2) is 0 Å². The molecule has 2 aromatic heterocycles. The molecule has 0 fully saturated rings. The summed E-state index contributed by atoms with van der Waals surface area (Å²) >= 11 is 3.09. The van der Waals surface area contributed by atoms with E-state index in [1.807, 2.05) is 19.1 Å². The Labute approximate surface area is 129 Å². The Morgan fingerprint density at radius 1 is 1.24 bits per heavy atom. The Morgan fingerprint density at radius 2 is 2.05 bits per heavy atom. The highest BCUT2D eigenvalue weighted by atomic mass is 32.2. The zero-order chi connectivity index (χ0) is 15.0. The van der Waals surface area contributed by atoms with Crippen LogP contribution < -0.4 is 0 Å². The Kier molecular flexibility index (Phi) is 3.65. The number of hydrogen-bond acceptors (Lipinski definition) is 5. The van der Waals surface area contributed by atoms with Crippen molar-refractivity contribution in [1.29, 1.82) is 0 Å². The topological polar surface area (TPSA) is 63.1 Å². The zero-order valence-corrected chi connectivity index (χ0v) is 13.1. The number of aromatic nitrogens is 2. The highest BCUT2D eigenvalue weighted by molar-refractivity contribution is 7.99. The fraction of sp³-hybridized carbons (Fsp3) is 0.133. The van der Waals surface area contributed by atoms with E-state index in [0.29, 0.717) is 5.56 Å². The lowest BCUT2D eigenvalue weighted by Gasteiger charge is -2.05. The number of carboxylic acids is 1. The summed E-state index contributed by atoms with van der Waals surface area (Å²) in [6.07, 6.45) is 1.55. The van der Waals surface area contributed by atoms with Gasteiger partial charge in [-0.1, -0.05) is 17.8 Å². The van der Waals surface area contributed by atoms with Crippen LogP contribution in [0.4, 0.5) is 0 Å². The van der Waals surface area contributed by atoms with E-state index in [4.69, 9.17) is 0 Å². The first-order chi connectivity index (χ1) is 10.0. The van der Waals surface area contributed by atoms with Gasteiger partial charge in [0.25, 0.3) is 0 Å². The summed E-state index contributed by atoms with van der Waals surface area (Å²) in [4.78, 5) is 22.8. The molecular weight excluding hydrogens is 304 g/mol. The lowest BCUT2D eigenvalue weighted by molar-refractivity contribution is 0.0696. The molecule has 3 aromatic rings. The minimum absolute atomic E-state index is 0.326. The molecule has 0 saturated heterocycles. The van der Waals surface area contributed by atoms with Gasteiger partial charge in [-0.2, -0.15) is 0 Å². The van der Waals surface area contributed by atoms with Gasteiger partial charge in [-0.3, -0.25) is 0 Å². The molecule has 0 aliphatic heterocycles. The number of hydrogen-bond donors (Lipinski definition) is 1. The van der Waals surface area contributed by atoms with Crippen LogP contribution in [0.25, 0.3) is 10.2 Å². The number of benzene rings is 1. The van der Waals surface area contributed by atoms with Crippen LogP contribution in [0, 0.1) is 13.8 Å². The third-order valence-corrected chi connectivity index (χ3v) is 5.04. The van der Waals surface area contributed by atoms with Crippen molar-refractivity contribution in [2.45, 2.75) is 23.8 Å². The van der Waals surface area contributed by atoms with Gasteiger partial charge in [0, 0.05) is 15.2 Å². The Balaban J connectivity index is 2.02. The fourth-order valence-corrected chi connectivity index (χ4v) is 3.86. The van der Waals surface area contributed by atoms with Gasteiger partial charge >= 0.3 is 5.97 Å². The molecule has 0 saturated carbocycles. The van der Waals surface area contributed by atoms with Crippen LogP contribution in [0.2, 0.25) is 0 Å². The van der Waals surface area contributed by atoms with E-state index in [1.54, 1.807) is 30.7 Å². The van der Waals surface area contributed by atoms with Gasteiger partial charge in [-0.15, -0.1) is 11.3 Å². The first-order valence-electron chi connectivity index (χ1n) is 6.27. The van der Waals surface area contributed by atoms with Crippen molar-refractivity contribution in [1.82, 2.24) is 9.97 Å². The molecule has 0 atom stereocenters. The SMILES string of the molecule is Cc1cc2c(Sc3ccc(C)c(C(=O)O)c3)ncnc2s1. The van der Waals surface area contributed by atoms with Gasteiger partial charge in [0.1, 0.15) is 16.2 Å². The molecule has 21 heavy (non-hydrogen) atoms. The van der Waals surface area contributed by atoms with Gasteiger partial charge in [0.05, 0.1) is 5.56 Å². The highest BCUT2D eigenvalue weighted by Crippen LogP contribution is 2.34. The second-order valence-corrected chi connectivity index (χ2v) is 6.94. The quantitative estimate of drug-likeness (QED) is 0.735. The predicted molar refractivity (Wildman–Crippen MR) is 84.4 cm³/mol. The lowest BCUT2D eigenvalue weighted by Crippen LogP contribution is -1.99. The van der Waals surface area contributed by atoms with Crippen molar-refractivity contribution >= 4 is 39.3 Å². The van der Waals surface area contributed by atoms with Crippen LogP contribution in [-0.2, 0) is 0 Å².